The first-order chi connectivity index (χ1) is 10.1. The lowest BCUT2D eigenvalue weighted by molar-refractivity contribution is -0.146. The molecule has 1 N–H and O–H groups in total. The fourth-order valence-electron chi connectivity index (χ4n) is 3.23. The number of piperidine rings is 1. The summed E-state index contributed by atoms with van der Waals surface area (Å²) in [7, 11) is 0. The minimum absolute atomic E-state index is 0.212. The van der Waals surface area contributed by atoms with E-state index < -0.39 is 5.97 Å². The van der Waals surface area contributed by atoms with Crippen LogP contribution >= 0.6 is 15.9 Å². The Labute approximate surface area is 135 Å². The fraction of sp³-hybridized carbons (Fsp3) is 0.588. The van der Waals surface area contributed by atoms with E-state index in [4.69, 9.17) is 0 Å². The Kier molecular flexibility index (Phi) is 6.24. The molecular formula is C17H24BrNO2. The summed E-state index contributed by atoms with van der Waals surface area (Å²) >= 11 is 3.53. The lowest BCUT2D eigenvalue weighted by Crippen LogP contribution is -2.46. The molecule has 3 nitrogen and oxygen atoms in total. The van der Waals surface area contributed by atoms with Crippen molar-refractivity contribution in [2.24, 2.45) is 0 Å². The maximum atomic E-state index is 11.6. The Balaban J connectivity index is 2.27. The van der Waals surface area contributed by atoms with Gasteiger partial charge in [-0.05, 0) is 43.5 Å². The van der Waals surface area contributed by atoms with Gasteiger partial charge in [-0.2, -0.15) is 0 Å². The molecule has 2 unspecified atom stereocenters. The smallest absolute Gasteiger partial charge is 0.320 e. The first-order valence-electron chi connectivity index (χ1n) is 7.87. The molecule has 4 heteroatoms. The SMILES string of the molecule is CCCCC(c1cccc(Br)c1)N1CCCCC1C(=O)O. The predicted molar refractivity (Wildman–Crippen MR) is 88.4 cm³/mol. The van der Waals surface area contributed by atoms with Gasteiger partial charge >= 0.3 is 5.97 Å². The molecule has 1 aromatic carbocycles. The third kappa shape index (κ3) is 4.30. The summed E-state index contributed by atoms with van der Waals surface area (Å²) in [5.74, 6) is -0.675. The number of nitrogens with zero attached hydrogens (tertiary/aromatic N) is 1. The van der Waals surface area contributed by atoms with Crippen LogP contribution in [0.2, 0.25) is 0 Å². The molecule has 1 aromatic rings. The topological polar surface area (TPSA) is 40.5 Å². The van der Waals surface area contributed by atoms with Crippen molar-refractivity contribution in [3.05, 3.63) is 34.3 Å². The zero-order chi connectivity index (χ0) is 15.2. The number of carboxylic acids is 1. The second-order valence-electron chi connectivity index (χ2n) is 5.80. The lowest BCUT2D eigenvalue weighted by atomic mass is 9.93. The molecule has 0 saturated carbocycles. The van der Waals surface area contributed by atoms with Crippen LogP contribution < -0.4 is 0 Å². The molecule has 0 bridgehead atoms. The molecule has 21 heavy (non-hydrogen) atoms. The second kappa shape index (κ2) is 7.95. The Morgan fingerprint density at radius 3 is 2.95 bits per heavy atom. The van der Waals surface area contributed by atoms with Gasteiger partial charge in [-0.15, -0.1) is 0 Å². The number of likely N-dealkylation sites (tertiary alicyclic amines) is 1. The van der Waals surface area contributed by atoms with Crippen LogP contribution in [0, 0.1) is 0 Å². The average molecular weight is 354 g/mol. The van der Waals surface area contributed by atoms with Gasteiger partial charge in [0, 0.05) is 10.5 Å². The van der Waals surface area contributed by atoms with Crippen LogP contribution in [-0.4, -0.2) is 28.6 Å². The molecule has 0 aromatic heterocycles. The largest absolute Gasteiger partial charge is 0.480 e. The normalized spacial score (nSPS) is 21.1. The van der Waals surface area contributed by atoms with Gasteiger partial charge in [0.15, 0.2) is 0 Å². The van der Waals surface area contributed by atoms with E-state index in [-0.39, 0.29) is 12.1 Å². The Bertz CT molecular complexity index is 478. The minimum atomic E-state index is -0.675. The zero-order valence-corrected chi connectivity index (χ0v) is 14.2. The standard InChI is InChI=1S/C17H24BrNO2/c1-2-3-9-15(13-7-6-8-14(18)12-13)19-11-5-4-10-16(19)17(20)21/h6-8,12,15-16H,2-5,9-11H2,1H3,(H,20,21). The average Bonchev–Trinajstić information content (AvgIpc) is 2.48. The molecule has 1 aliphatic heterocycles. The highest BCUT2D eigenvalue weighted by atomic mass is 79.9. The highest BCUT2D eigenvalue weighted by Crippen LogP contribution is 2.33. The molecular weight excluding hydrogens is 330 g/mol. The summed E-state index contributed by atoms with van der Waals surface area (Å²) < 4.78 is 1.06. The molecule has 2 rings (SSSR count). The number of benzene rings is 1. The molecule has 0 amide bonds. The molecule has 2 atom stereocenters. The predicted octanol–water partition coefficient (Wildman–Crippen LogP) is 4.62. The minimum Gasteiger partial charge on any atom is -0.480 e. The number of rotatable bonds is 6. The lowest BCUT2D eigenvalue weighted by Gasteiger charge is -2.39. The molecule has 1 heterocycles. The van der Waals surface area contributed by atoms with Crippen LogP contribution in [0.5, 0.6) is 0 Å². The number of carboxylic acid groups (broad SMARTS) is 1. The monoisotopic (exact) mass is 353 g/mol. The Morgan fingerprint density at radius 2 is 2.29 bits per heavy atom. The number of carbonyl (C=O) groups is 1. The zero-order valence-electron chi connectivity index (χ0n) is 12.6. The molecule has 116 valence electrons. The molecule has 1 fully saturated rings. The van der Waals surface area contributed by atoms with Gasteiger partial charge < -0.3 is 5.11 Å². The van der Waals surface area contributed by atoms with Crippen molar-refractivity contribution in [2.75, 3.05) is 6.54 Å². The number of unbranched alkanes of at least 4 members (excludes halogenated alkanes) is 1. The van der Waals surface area contributed by atoms with Gasteiger partial charge in [0.25, 0.3) is 0 Å². The van der Waals surface area contributed by atoms with Gasteiger partial charge in [-0.1, -0.05) is 54.2 Å². The quantitative estimate of drug-likeness (QED) is 0.810. The van der Waals surface area contributed by atoms with Crippen molar-refractivity contribution in [2.45, 2.75) is 57.5 Å². The van der Waals surface area contributed by atoms with E-state index >= 15 is 0 Å². The van der Waals surface area contributed by atoms with Gasteiger partial charge in [0.05, 0.1) is 0 Å². The Hall–Kier alpha value is -0.870. The van der Waals surface area contributed by atoms with Crippen LogP contribution in [0.15, 0.2) is 28.7 Å². The van der Waals surface area contributed by atoms with Crippen molar-refractivity contribution < 1.29 is 9.90 Å². The van der Waals surface area contributed by atoms with Crippen LogP contribution in [0.1, 0.15) is 57.1 Å². The van der Waals surface area contributed by atoms with E-state index in [1.54, 1.807) is 0 Å². The molecule has 1 saturated heterocycles. The number of halogens is 1. The van der Waals surface area contributed by atoms with E-state index in [2.05, 4.69) is 39.9 Å². The van der Waals surface area contributed by atoms with E-state index in [0.717, 1.165) is 49.5 Å². The summed E-state index contributed by atoms with van der Waals surface area (Å²) in [6, 6.07) is 8.19. The molecule has 1 aliphatic rings. The Morgan fingerprint density at radius 1 is 1.48 bits per heavy atom. The highest BCUT2D eigenvalue weighted by Gasteiger charge is 2.33. The number of aliphatic carboxylic acids is 1. The summed E-state index contributed by atoms with van der Waals surface area (Å²) in [5.41, 5.74) is 1.23. The van der Waals surface area contributed by atoms with Gasteiger partial charge in [-0.3, -0.25) is 9.69 Å². The van der Waals surface area contributed by atoms with Crippen molar-refractivity contribution in [3.8, 4) is 0 Å². The van der Waals surface area contributed by atoms with Gasteiger partial charge in [0.2, 0.25) is 0 Å². The summed E-state index contributed by atoms with van der Waals surface area (Å²) in [5, 5.41) is 9.53. The third-order valence-corrected chi connectivity index (χ3v) is 4.79. The number of hydrogen-bond acceptors (Lipinski definition) is 2. The molecule has 0 aliphatic carbocycles. The third-order valence-electron chi connectivity index (χ3n) is 4.29. The first kappa shape index (κ1) is 16.5. The first-order valence-corrected chi connectivity index (χ1v) is 8.66. The number of hydrogen-bond donors (Lipinski definition) is 1. The second-order valence-corrected chi connectivity index (χ2v) is 6.72. The van der Waals surface area contributed by atoms with Gasteiger partial charge in [-0.25, -0.2) is 0 Å². The van der Waals surface area contributed by atoms with Crippen molar-refractivity contribution >= 4 is 21.9 Å². The summed E-state index contributed by atoms with van der Waals surface area (Å²) in [6.45, 7) is 3.07. The molecule has 0 radical (unpaired) electrons. The van der Waals surface area contributed by atoms with Crippen LogP contribution in [-0.2, 0) is 4.79 Å². The highest BCUT2D eigenvalue weighted by molar-refractivity contribution is 9.10. The van der Waals surface area contributed by atoms with E-state index in [0.29, 0.717) is 0 Å². The van der Waals surface area contributed by atoms with Crippen LogP contribution in [0.3, 0.4) is 0 Å². The van der Waals surface area contributed by atoms with Crippen molar-refractivity contribution in [1.29, 1.82) is 0 Å². The van der Waals surface area contributed by atoms with Gasteiger partial charge in [0.1, 0.15) is 6.04 Å². The summed E-state index contributed by atoms with van der Waals surface area (Å²) in [4.78, 5) is 13.8. The molecule has 0 spiro atoms. The maximum absolute atomic E-state index is 11.6. The van der Waals surface area contributed by atoms with E-state index in [1.807, 2.05) is 12.1 Å². The summed E-state index contributed by atoms with van der Waals surface area (Å²) in [6.07, 6.45) is 6.17. The van der Waals surface area contributed by atoms with Crippen molar-refractivity contribution in [1.82, 2.24) is 4.90 Å². The van der Waals surface area contributed by atoms with E-state index in [1.165, 1.54) is 5.56 Å². The maximum Gasteiger partial charge on any atom is 0.320 e. The van der Waals surface area contributed by atoms with Crippen LogP contribution in [0.4, 0.5) is 0 Å². The van der Waals surface area contributed by atoms with Crippen molar-refractivity contribution in [3.63, 3.8) is 0 Å². The van der Waals surface area contributed by atoms with Crippen LogP contribution in [0.25, 0.3) is 0 Å². The van der Waals surface area contributed by atoms with E-state index in [9.17, 15) is 9.90 Å². The fourth-order valence-corrected chi connectivity index (χ4v) is 3.64.